The Morgan fingerprint density at radius 3 is 2.52 bits per heavy atom. The molecule has 0 bridgehead atoms. The van der Waals surface area contributed by atoms with Crippen LogP contribution in [0.15, 0.2) is 53.8 Å². The van der Waals surface area contributed by atoms with Gasteiger partial charge in [-0.25, -0.2) is 0 Å². The minimum absolute atomic E-state index is 0.0488. The van der Waals surface area contributed by atoms with E-state index in [2.05, 4.69) is 15.5 Å². The van der Waals surface area contributed by atoms with Gasteiger partial charge in [0.15, 0.2) is 0 Å². The molecule has 0 radical (unpaired) electrons. The van der Waals surface area contributed by atoms with Gasteiger partial charge in [-0.15, -0.1) is 0 Å². The average Bonchev–Trinajstić information content (AvgIpc) is 3.18. The van der Waals surface area contributed by atoms with Crippen molar-refractivity contribution in [2.24, 2.45) is 5.16 Å². The number of hydrogen-bond donors (Lipinski definition) is 1. The SMILES string of the molecule is CNC(=O)c1cccc2c(C3=NOC(c4cc(Cl)cc(Cl)c4)(C(F)(F)F)C3)ccnc12. The van der Waals surface area contributed by atoms with Crippen molar-refractivity contribution in [2.45, 2.75) is 18.2 Å². The maximum absolute atomic E-state index is 14.2. The number of halogens is 5. The van der Waals surface area contributed by atoms with E-state index in [1.54, 1.807) is 18.2 Å². The van der Waals surface area contributed by atoms with Gasteiger partial charge < -0.3 is 10.2 Å². The number of aromatic nitrogens is 1. The van der Waals surface area contributed by atoms with Gasteiger partial charge in [0.2, 0.25) is 0 Å². The highest BCUT2D eigenvalue weighted by Crippen LogP contribution is 2.50. The van der Waals surface area contributed by atoms with Crippen LogP contribution >= 0.6 is 23.2 Å². The number of rotatable bonds is 3. The van der Waals surface area contributed by atoms with Gasteiger partial charge in [-0.1, -0.05) is 40.5 Å². The Balaban J connectivity index is 1.83. The number of para-hydroxylation sites is 1. The van der Waals surface area contributed by atoms with Crippen LogP contribution in [0.2, 0.25) is 10.0 Å². The van der Waals surface area contributed by atoms with E-state index in [1.807, 2.05) is 0 Å². The standard InChI is InChI=1S/C21H14Cl2F3N3O2/c1-27-19(30)16-4-2-3-15-14(5-6-28-18(15)16)17-10-20(31-29-17,21(24,25)26)11-7-12(22)9-13(23)8-11/h2-9H,10H2,1H3,(H,27,30). The summed E-state index contributed by atoms with van der Waals surface area (Å²) < 4.78 is 42.7. The van der Waals surface area contributed by atoms with Crippen molar-refractivity contribution in [3.05, 3.63) is 75.4 Å². The Morgan fingerprint density at radius 1 is 1.16 bits per heavy atom. The summed E-state index contributed by atoms with van der Waals surface area (Å²) in [5, 5.41) is 6.89. The number of benzene rings is 2. The molecule has 1 atom stereocenters. The van der Waals surface area contributed by atoms with Gasteiger partial charge >= 0.3 is 6.18 Å². The van der Waals surface area contributed by atoms with Gasteiger partial charge in [0.25, 0.3) is 11.5 Å². The third-order valence-electron chi connectivity index (χ3n) is 5.07. The van der Waals surface area contributed by atoms with Crippen molar-refractivity contribution in [3.8, 4) is 0 Å². The van der Waals surface area contributed by atoms with Crippen molar-refractivity contribution in [3.63, 3.8) is 0 Å². The number of fused-ring (bicyclic) bond motifs is 1. The fourth-order valence-electron chi connectivity index (χ4n) is 3.58. The fourth-order valence-corrected chi connectivity index (χ4v) is 4.11. The van der Waals surface area contributed by atoms with E-state index in [9.17, 15) is 18.0 Å². The predicted octanol–water partition coefficient (Wildman–Crippen LogP) is 5.48. The number of carbonyl (C=O) groups is 1. The molecule has 4 rings (SSSR count). The maximum Gasteiger partial charge on any atom is 0.435 e. The number of hydrogen-bond acceptors (Lipinski definition) is 4. The van der Waals surface area contributed by atoms with Crippen molar-refractivity contribution < 1.29 is 22.8 Å². The molecule has 0 spiro atoms. The summed E-state index contributed by atoms with van der Waals surface area (Å²) in [6, 6.07) is 10.1. The second kappa shape index (κ2) is 7.69. The Labute approximate surface area is 184 Å². The zero-order chi connectivity index (χ0) is 22.4. The molecule has 160 valence electrons. The molecule has 0 saturated heterocycles. The van der Waals surface area contributed by atoms with Crippen LogP contribution < -0.4 is 5.32 Å². The summed E-state index contributed by atoms with van der Waals surface area (Å²) in [7, 11) is 1.48. The number of amides is 1. The summed E-state index contributed by atoms with van der Waals surface area (Å²) >= 11 is 11.9. The molecule has 10 heteroatoms. The highest BCUT2D eigenvalue weighted by molar-refractivity contribution is 6.34. The average molecular weight is 468 g/mol. The zero-order valence-electron chi connectivity index (χ0n) is 15.9. The molecule has 3 aromatic rings. The summed E-state index contributed by atoms with van der Waals surface area (Å²) in [4.78, 5) is 21.5. The number of nitrogens with one attached hydrogen (secondary N) is 1. The topological polar surface area (TPSA) is 63.6 Å². The zero-order valence-corrected chi connectivity index (χ0v) is 17.4. The van der Waals surface area contributed by atoms with Crippen LogP contribution in [-0.2, 0) is 10.4 Å². The highest BCUT2D eigenvalue weighted by atomic mass is 35.5. The lowest BCUT2D eigenvalue weighted by Crippen LogP contribution is -2.42. The van der Waals surface area contributed by atoms with E-state index in [0.717, 1.165) is 12.1 Å². The molecule has 1 aliphatic rings. The molecule has 1 amide bonds. The Hall–Kier alpha value is -2.84. The lowest BCUT2D eigenvalue weighted by atomic mass is 9.86. The first-order chi connectivity index (χ1) is 14.7. The largest absolute Gasteiger partial charge is 0.435 e. The van der Waals surface area contributed by atoms with Crippen LogP contribution in [-0.4, -0.2) is 29.8 Å². The van der Waals surface area contributed by atoms with Gasteiger partial charge in [-0.2, -0.15) is 13.2 Å². The van der Waals surface area contributed by atoms with E-state index < -0.39 is 18.2 Å². The molecule has 0 saturated carbocycles. The number of nitrogens with zero attached hydrogens (tertiary/aromatic N) is 2. The monoisotopic (exact) mass is 467 g/mol. The number of pyridine rings is 1. The van der Waals surface area contributed by atoms with Crippen LogP contribution in [0.5, 0.6) is 0 Å². The van der Waals surface area contributed by atoms with Crippen LogP contribution in [0.4, 0.5) is 13.2 Å². The van der Waals surface area contributed by atoms with E-state index in [4.69, 9.17) is 28.0 Å². The minimum Gasteiger partial charge on any atom is -0.374 e. The Morgan fingerprint density at radius 2 is 1.87 bits per heavy atom. The first kappa shape index (κ1) is 21.4. The first-order valence-electron chi connectivity index (χ1n) is 9.05. The van der Waals surface area contributed by atoms with E-state index in [1.165, 1.54) is 25.4 Å². The Kier molecular flexibility index (Phi) is 5.31. The van der Waals surface area contributed by atoms with E-state index >= 15 is 0 Å². The number of oxime groups is 1. The van der Waals surface area contributed by atoms with E-state index in [0.29, 0.717) is 22.0 Å². The van der Waals surface area contributed by atoms with Crippen molar-refractivity contribution in [1.82, 2.24) is 10.3 Å². The van der Waals surface area contributed by atoms with Gasteiger partial charge in [-0.3, -0.25) is 9.78 Å². The summed E-state index contributed by atoms with van der Waals surface area (Å²) in [5.74, 6) is -0.363. The number of carbonyl (C=O) groups excluding carboxylic acids is 1. The predicted molar refractivity (Wildman–Crippen MR) is 112 cm³/mol. The highest BCUT2D eigenvalue weighted by Gasteiger charge is 2.62. The molecule has 1 aromatic heterocycles. The molecule has 1 aliphatic heterocycles. The van der Waals surface area contributed by atoms with Gasteiger partial charge in [0.1, 0.15) is 0 Å². The second-order valence-corrected chi connectivity index (χ2v) is 7.80. The summed E-state index contributed by atoms with van der Waals surface area (Å²) in [5.41, 5.74) is -1.90. The first-order valence-corrected chi connectivity index (χ1v) is 9.80. The molecular formula is C21H14Cl2F3N3O2. The molecule has 0 aliphatic carbocycles. The van der Waals surface area contributed by atoms with Crippen molar-refractivity contribution in [1.29, 1.82) is 0 Å². The molecule has 2 heterocycles. The minimum atomic E-state index is -4.80. The summed E-state index contributed by atoms with van der Waals surface area (Å²) in [6.07, 6.45) is -3.99. The molecule has 1 N–H and O–H groups in total. The van der Waals surface area contributed by atoms with Crippen molar-refractivity contribution in [2.75, 3.05) is 7.05 Å². The molecule has 1 unspecified atom stereocenters. The lowest BCUT2D eigenvalue weighted by molar-refractivity contribution is -0.275. The van der Waals surface area contributed by atoms with E-state index in [-0.39, 0.29) is 27.2 Å². The molecule has 2 aromatic carbocycles. The van der Waals surface area contributed by atoms with Crippen molar-refractivity contribution >= 4 is 45.7 Å². The third-order valence-corrected chi connectivity index (χ3v) is 5.50. The van der Waals surface area contributed by atoms with Gasteiger partial charge in [-0.05, 0) is 30.3 Å². The Bertz CT molecular complexity index is 1210. The molecular weight excluding hydrogens is 454 g/mol. The second-order valence-electron chi connectivity index (χ2n) is 6.93. The van der Waals surface area contributed by atoms with Crippen LogP contribution in [0.3, 0.4) is 0 Å². The normalized spacial score (nSPS) is 18.6. The fraction of sp³-hybridized carbons (Fsp3) is 0.190. The van der Waals surface area contributed by atoms with Gasteiger partial charge in [0.05, 0.1) is 16.8 Å². The molecule has 5 nitrogen and oxygen atoms in total. The lowest BCUT2D eigenvalue weighted by Gasteiger charge is -2.29. The quantitative estimate of drug-likeness (QED) is 0.554. The van der Waals surface area contributed by atoms with Crippen LogP contribution in [0.25, 0.3) is 10.9 Å². The maximum atomic E-state index is 14.2. The molecule has 31 heavy (non-hydrogen) atoms. The molecule has 0 fully saturated rings. The van der Waals surface area contributed by atoms with Crippen LogP contribution in [0, 0.1) is 0 Å². The van der Waals surface area contributed by atoms with Crippen LogP contribution in [0.1, 0.15) is 27.9 Å². The smallest absolute Gasteiger partial charge is 0.374 e. The third kappa shape index (κ3) is 3.59. The number of alkyl halides is 3. The summed E-state index contributed by atoms with van der Waals surface area (Å²) in [6.45, 7) is 0. The van der Waals surface area contributed by atoms with Gasteiger partial charge in [0, 0.05) is 46.2 Å².